The van der Waals surface area contributed by atoms with Crippen molar-refractivity contribution in [3.05, 3.63) is 62.9 Å². The molecule has 26 heavy (non-hydrogen) atoms. The molecule has 0 unspecified atom stereocenters. The van der Waals surface area contributed by atoms with E-state index in [-0.39, 0.29) is 12.4 Å². The van der Waals surface area contributed by atoms with Crippen LogP contribution in [0, 0.1) is 19.7 Å². The van der Waals surface area contributed by atoms with Crippen LogP contribution in [0.25, 0.3) is 0 Å². The molecule has 4 nitrogen and oxygen atoms in total. The van der Waals surface area contributed by atoms with E-state index in [1.807, 2.05) is 31.9 Å². The van der Waals surface area contributed by atoms with Gasteiger partial charge >= 0.3 is 5.97 Å². The SMILES string of the molecule is CCN(C)/C=N/c1cc(C)c(C(=O)OCc2c(C)cccc2F)cc1Br. The Labute approximate surface area is 161 Å². The average Bonchev–Trinajstić information content (AvgIpc) is 2.61. The smallest absolute Gasteiger partial charge is 0.338 e. The first-order chi connectivity index (χ1) is 12.3. The Morgan fingerprint density at radius 2 is 2.04 bits per heavy atom. The molecule has 0 aliphatic carbocycles. The molecule has 0 bridgehead atoms. The summed E-state index contributed by atoms with van der Waals surface area (Å²) in [5.74, 6) is -0.868. The second-order valence-corrected chi connectivity index (χ2v) is 6.90. The first-order valence-corrected chi connectivity index (χ1v) is 9.08. The van der Waals surface area contributed by atoms with Gasteiger partial charge in [-0.2, -0.15) is 0 Å². The number of carbonyl (C=O) groups is 1. The highest BCUT2D eigenvalue weighted by Gasteiger charge is 2.15. The Morgan fingerprint density at radius 3 is 2.69 bits per heavy atom. The third kappa shape index (κ3) is 4.91. The summed E-state index contributed by atoms with van der Waals surface area (Å²) in [6.07, 6.45) is 1.73. The summed E-state index contributed by atoms with van der Waals surface area (Å²) in [5.41, 5.74) is 3.04. The normalized spacial score (nSPS) is 11.0. The van der Waals surface area contributed by atoms with E-state index >= 15 is 0 Å². The first-order valence-electron chi connectivity index (χ1n) is 8.29. The number of rotatable bonds is 6. The van der Waals surface area contributed by atoms with Gasteiger partial charge in [0.15, 0.2) is 0 Å². The molecule has 0 amide bonds. The van der Waals surface area contributed by atoms with Gasteiger partial charge in [0.2, 0.25) is 0 Å². The predicted octanol–water partition coefficient (Wildman–Crippen LogP) is 5.17. The van der Waals surface area contributed by atoms with E-state index in [2.05, 4.69) is 20.9 Å². The molecular formula is C20H22BrFN2O2. The third-order valence-corrected chi connectivity index (χ3v) is 4.74. The van der Waals surface area contributed by atoms with Crippen LogP contribution in [-0.2, 0) is 11.3 Å². The van der Waals surface area contributed by atoms with Gasteiger partial charge in [-0.15, -0.1) is 0 Å². The molecule has 6 heteroatoms. The van der Waals surface area contributed by atoms with E-state index in [1.165, 1.54) is 6.07 Å². The number of aryl methyl sites for hydroxylation is 2. The lowest BCUT2D eigenvalue weighted by Crippen LogP contribution is -2.14. The molecular weight excluding hydrogens is 399 g/mol. The van der Waals surface area contributed by atoms with Crippen molar-refractivity contribution < 1.29 is 13.9 Å². The largest absolute Gasteiger partial charge is 0.457 e. The maximum absolute atomic E-state index is 13.9. The number of hydrogen-bond donors (Lipinski definition) is 0. The number of carbonyl (C=O) groups excluding carboxylic acids is 1. The van der Waals surface area contributed by atoms with Crippen LogP contribution < -0.4 is 0 Å². The quantitative estimate of drug-likeness (QED) is 0.367. The van der Waals surface area contributed by atoms with E-state index < -0.39 is 5.97 Å². The molecule has 0 aliphatic rings. The monoisotopic (exact) mass is 420 g/mol. The Morgan fingerprint density at radius 1 is 1.31 bits per heavy atom. The molecule has 2 aromatic rings. The molecule has 0 saturated heterocycles. The zero-order valence-corrected chi connectivity index (χ0v) is 16.9. The van der Waals surface area contributed by atoms with Gasteiger partial charge in [-0.25, -0.2) is 14.2 Å². The number of aliphatic imine (C=N–C) groups is 1. The number of hydrogen-bond acceptors (Lipinski definition) is 3. The molecule has 138 valence electrons. The van der Waals surface area contributed by atoms with Crippen LogP contribution >= 0.6 is 15.9 Å². The van der Waals surface area contributed by atoms with Gasteiger partial charge in [-0.3, -0.25) is 0 Å². The standard InChI is InChI=1S/C20H22BrFN2O2/c1-5-24(4)12-23-19-9-14(3)15(10-17(19)21)20(25)26-11-16-13(2)7-6-8-18(16)22/h6-10,12H,5,11H2,1-4H3/b23-12+. The van der Waals surface area contributed by atoms with E-state index in [4.69, 9.17) is 4.74 Å². The van der Waals surface area contributed by atoms with E-state index in [1.54, 1.807) is 31.5 Å². The molecule has 2 rings (SSSR count). The lowest BCUT2D eigenvalue weighted by molar-refractivity contribution is 0.0467. The van der Waals surface area contributed by atoms with Crippen LogP contribution in [-0.4, -0.2) is 30.8 Å². The van der Waals surface area contributed by atoms with Gasteiger partial charge in [0.05, 0.1) is 17.6 Å². The van der Waals surface area contributed by atoms with Crippen molar-refractivity contribution in [2.45, 2.75) is 27.4 Å². The molecule has 0 N–H and O–H groups in total. The van der Waals surface area contributed by atoms with Gasteiger partial charge in [0, 0.05) is 23.6 Å². The summed E-state index contributed by atoms with van der Waals surface area (Å²) in [6.45, 7) is 6.38. The summed E-state index contributed by atoms with van der Waals surface area (Å²) < 4.78 is 19.9. The average molecular weight is 421 g/mol. The van der Waals surface area contributed by atoms with Crippen LogP contribution in [0.1, 0.15) is 34.0 Å². The van der Waals surface area contributed by atoms with Gasteiger partial charge in [0.25, 0.3) is 0 Å². The van der Waals surface area contributed by atoms with Crippen molar-refractivity contribution in [3.8, 4) is 0 Å². The van der Waals surface area contributed by atoms with Crippen LogP contribution in [0.3, 0.4) is 0 Å². The Hall–Kier alpha value is -2.21. The highest BCUT2D eigenvalue weighted by Crippen LogP contribution is 2.29. The minimum Gasteiger partial charge on any atom is -0.457 e. The zero-order chi connectivity index (χ0) is 19.3. The minimum absolute atomic E-state index is 0.102. The maximum atomic E-state index is 13.9. The summed E-state index contributed by atoms with van der Waals surface area (Å²) in [7, 11) is 1.93. The van der Waals surface area contributed by atoms with Crippen molar-refractivity contribution in [1.29, 1.82) is 0 Å². The van der Waals surface area contributed by atoms with Crippen molar-refractivity contribution in [3.63, 3.8) is 0 Å². The van der Waals surface area contributed by atoms with E-state index in [0.717, 1.165) is 23.4 Å². The maximum Gasteiger partial charge on any atom is 0.338 e. The Balaban J connectivity index is 2.17. The lowest BCUT2D eigenvalue weighted by atomic mass is 10.1. The van der Waals surface area contributed by atoms with Crippen molar-refractivity contribution in [1.82, 2.24) is 4.90 Å². The first kappa shape index (κ1) is 20.1. The number of esters is 1. The Kier molecular flexibility index (Phi) is 6.91. The number of halogens is 2. The molecule has 0 radical (unpaired) electrons. The summed E-state index contributed by atoms with van der Waals surface area (Å²) in [6, 6.07) is 8.28. The molecule has 0 aromatic heterocycles. The van der Waals surface area contributed by atoms with Gasteiger partial charge in [-0.1, -0.05) is 12.1 Å². The van der Waals surface area contributed by atoms with Crippen LogP contribution in [0.2, 0.25) is 0 Å². The third-order valence-electron chi connectivity index (χ3n) is 4.11. The molecule has 2 aromatic carbocycles. The molecule has 0 spiro atoms. The molecule has 0 saturated carbocycles. The summed E-state index contributed by atoms with van der Waals surface area (Å²) in [4.78, 5) is 18.8. The predicted molar refractivity (Wildman–Crippen MR) is 106 cm³/mol. The van der Waals surface area contributed by atoms with E-state index in [0.29, 0.717) is 15.6 Å². The highest BCUT2D eigenvalue weighted by atomic mass is 79.9. The minimum atomic E-state index is -0.493. The summed E-state index contributed by atoms with van der Waals surface area (Å²) >= 11 is 3.44. The van der Waals surface area contributed by atoms with Crippen molar-refractivity contribution in [2.24, 2.45) is 4.99 Å². The van der Waals surface area contributed by atoms with Crippen LogP contribution in [0.4, 0.5) is 10.1 Å². The van der Waals surface area contributed by atoms with Crippen molar-refractivity contribution >= 4 is 33.9 Å². The number of ether oxygens (including phenoxy) is 1. The van der Waals surface area contributed by atoms with Crippen LogP contribution in [0.5, 0.6) is 0 Å². The Bertz CT molecular complexity index is 817. The molecule has 0 aliphatic heterocycles. The second-order valence-electron chi connectivity index (χ2n) is 6.05. The van der Waals surface area contributed by atoms with Gasteiger partial charge in [0.1, 0.15) is 12.4 Å². The fourth-order valence-corrected chi connectivity index (χ4v) is 2.74. The number of benzene rings is 2. The fraction of sp³-hybridized carbons (Fsp3) is 0.300. The second kappa shape index (κ2) is 8.94. The molecule has 0 atom stereocenters. The van der Waals surface area contributed by atoms with Gasteiger partial charge < -0.3 is 9.64 Å². The number of nitrogens with zero attached hydrogens (tertiary/aromatic N) is 2. The zero-order valence-electron chi connectivity index (χ0n) is 15.3. The van der Waals surface area contributed by atoms with E-state index in [9.17, 15) is 9.18 Å². The topological polar surface area (TPSA) is 41.9 Å². The lowest BCUT2D eigenvalue weighted by Gasteiger charge is -2.12. The van der Waals surface area contributed by atoms with Crippen molar-refractivity contribution in [2.75, 3.05) is 13.6 Å². The molecule has 0 heterocycles. The fourth-order valence-electron chi connectivity index (χ4n) is 2.29. The van der Waals surface area contributed by atoms with Gasteiger partial charge in [-0.05, 0) is 66.0 Å². The molecule has 0 fully saturated rings. The van der Waals surface area contributed by atoms with Crippen LogP contribution in [0.15, 0.2) is 39.8 Å². The highest BCUT2D eigenvalue weighted by molar-refractivity contribution is 9.10. The summed E-state index contributed by atoms with van der Waals surface area (Å²) in [5, 5.41) is 0.